The Kier molecular flexibility index (Phi) is 4.07. The van der Waals surface area contributed by atoms with E-state index in [4.69, 9.17) is 4.52 Å². The quantitative estimate of drug-likeness (QED) is 0.778. The number of aromatic nitrogens is 2. The van der Waals surface area contributed by atoms with E-state index in [-0.39, 0.29) is 0 Å². The van der Waals surface area contributed by atoms with E-state index in [9.17, 15) is 0 Å². The van der Waals surface area contributed by atoms with Crippen molar-refractivity contribution in [1.29, 1.82) is 0 Å². The van der Waals surface area contributed by atoms with Crippen molar-refractivity contribution in [3.05, 3.63) is 71.6 Å². The smallest absolute Gasteiger partial charge is 0.223 e. The first kappa shape index (κ1) is 13.5. The highest BCUT2D eigenvalue weighted by Gasteiger charge is 2.06. The van der Waals surface area contributed by atoms with Gasteiger partial charge in [-0.3, -0.25) is 0 Å². The highest BCUT2D eigenvalue weighted by molar-refractivity contribution is 5.55. The van der Waals surface area contributed by atoms with Crippen molar-refractivity contribution < 1.29 is 4.52 Å². The van der Waals surface area contributed by atoms with Crippen molar-refractivity contribution in [3.63, 3.8) is 0 Å². The molecule has 0 radical (unpaired) electrons. The second-order valence-electron chi connectivity index (χ2n) is 4.93. The van der Waals surface area contributed by atoms with Gasteiger partial charge in [0.1, 0.15) is 0 Å². The molecule has 1 N–H and O–H groups in total. The van der Waals surface area contributed by atoms with Crippen LogP contribution in [0.5, 0.6) is 0 Å². The Bertz CT molecular complexity index is 707. The molecule has 0 aliphatic carbocycles. The topological polar surface area (TPSA) is 51.0 Å². The molecule has 0 atom stereocenters. The molecule has 3 aromatic rings. The van der Waals surface area contributed by atoms with E-state index >= 15 is 0 Å². The van der Waals surface area contributed by atoms with Gasteiger partial charge in [0.25, 0.3) is 0 Å². The minimum Gasteiger partial charge on any atom is -0.339 e. The van der Waals surface area contributed by atoms with Crippen molar-refractivity contribution in [2.75, 3.05) is 0 Å². The highest BCUT2D eigenvalue weighted by atomic mass is 16.5. The van der Waals surface area contributed by atoms with Gasteiger partial charge >= 0.3 is 0 Å². The van der Waals surface area contributed by atoms with Crippen LogP contribution in [-0.2, 0) is 13.1 Å². The van der Waals surface area contributed by atoms with Gasteiger partial charge in [-0.15, -0.1) is 0 Å². The van der Waals surface area contributed by atoms with Crippen LogP contribution < -0.4 is 5.32 Å². The largest absolute Gasteiger partial charge is 0.339 e. The van der Waals surface area contributed by atoms with Crippen molar-refractivity contribution in [2.45, 2.75) is 20.0 Å². The molecule has 1 aromatic heterocycles. The average molecular weight is 279 g/mol. The normalized spacial score (nSPS) is 10.7. The summed E-state index contributed by atoms with van der Waals surface area (Å²) in [6, 6.07) is 18.5. The molecule has 0 aliphatic heterocycles. The molecule has 0 spiro atoms. The summed E-state index contributed by atoms with van der Waals surface area (Å²) in [4.78, 5) is 4.25. The van der Waals surface area contributed by atoms with Gasteiger partial charge in [0.2, 0.25) is 11.7 Å². The number of hydrogen-bond donors (Lipinski definition) is 1. The van der Waals surface area contributed by atoms with Gasteiger partial charge in [0, 0.05) is 25.6 Å². The summed E-state index contributed by atoms with van der Waals surface area (Å²) >= 11 is 0. The lowest BCUT2D eigenvalue weighted by Gasteiger charge is -2.06. The number of benzene rings is 2. The molecule has 0 saturated carbocycles. The molecule has 0 amide bonds. The summed E-state index contributed by atoms with van der Waals surface area (Å²) in [5.74, 6) is 1.22. The SMILES string of the molecule is Cc1nc(-c2cccc(CNCc3ccccc3)c2)no1. The van der Waals surface area contributed by atoms with E-state index in [0.717, 1.165) is 18.7 Å². The van der Waals surface area contributed by atoms with Crippen LogP contribution in [0.1, 0.15) is 17.0 Å². The van der Waals surface area contributed by atoms with Crippen LogP contribution in [0.2, 0.25) is 0 Å². The monoisotopic (exact) mass is 279 g/mol. The van der Waals surface area contributed by atoms with E-state index in [2.05, 4.69) is 51.9 Å². The summed E-state index contributed by atoms with van der Waals surface area (Å²) in [5.41, 5.74) is 3.46. The van der Waals surface area contributed by atoms with E-state index in [0.29, 0.717) is 11.7 Å². The number of rotatable bonds is 5. The Balaban J connectivity index is 1.64. The van der Waals surface area contributed by atoms with E-state index in [1.807, 2.05) is 18.2 Å². The van der Waals surface area contributed by atoms with Crippen molar-refractivity contribution in [3.8, 4) is 11.4 Å². The minimum absolute atomic E-state index is 0.581. The van der Waals surface area contributed by atoms with Crippen LogP contribution in [0.3, 0.4) is 0 Å². The second kappa shape index (κ2) is 6.33. The van der Waals surface area contributed by atoms with Crippen LogP contribution in [-0.4, -0.2) is 10.1 Å². The lowest BCUT2D eigenvalue weighted by molar-refractivity contribution is 0.394. The number of aryl methyl sites for hydroxylation is 1. The Morgan fingerprint density at radius 2 is 1.71 bits per heavy atom. The Hall–Kier alpha value is -2.46. The van der Waals surface area contributed by atoms with Crippen LogP contribution in [0, 0.1) is 6.92 Å². The molecular formula is C17H17N3O. The molecule has 3 rings (SSSR count). The number of nitrogens with zero attached hydrogens (tertiary/aromatic N) is 2. The van der Waals surface area contributed by atoms with E-state index in [1.54, 1.807) is 6.92 Å². The minimum atomic E-state index is 0.581. The fourth-order valence-corrected chi connectivity index (χ4v) is 2.18. The summed E-state index contributed by atoms with van der Waals surface area (Å²) in [6.45, 7) is 3.45. The zero-order valence-corrected chi connectivity index (χ0v) is 11.9. The van der Waals surface area contributed by atoms with Gasteiger partial charge in [0.15, 0.2) is 0 Å². The molecule has 0 unspecified atom stereocenters. The first-order valence-corrected chi connectivity index (χ1v) is 6.95. The van der Waals surface area contributed by atoms with Gasteiger partial charge in [-0.05, 0) is 17.2 Å². The zero-order valence-electron chi connectivity index (χ0n) is 11.9. The third-order valence-electron chi connectivity index (χ3n) is 3.21. The molecule has 106 valence electrons. The van der Waals surface area contributed by atoms with Crippen molar-refractivity contribution in [1.82, 2.24) is 15.5 Å². The Morgan fingerprint density at radius 1 is 0.952 bits per heavy atom. The first-order valence-electron chi connectivity index (χ1n) is 6.95. The third kappa shape index (κ3) is 3.55. The molecule has 4 nitrogen and oxygen atoms in total. The maximum Gasteiger partial charge on any atom is 0.223 e. The van der Waals surface area contributed by atoms with Gasteiger partial charge in [-0.25, -0.2) is 0 Å². The first-order chi connectivity index (χ1) is 10.3. The molecule has 1 heterocycles. The Morgan fingerprint density at radius 3 is 2.48 bits per heavy atom. The third-order valence-corrected chi connectivity index (χ3v) is 3.21. The lowest BCUT2D eigenvalue weighted by atomic mass is 10.1. The average Bonchev–Trinajstić information content (AvgIpc) is 2.95. The van der Waals surface area contributed by atoms with Crippen molar-refractivity contribution in [2.24, 2.45) is 0 Å². The van der Waals surface area contributed by atoms with Crippen LogP contribution >= 0.6 is 0 Å². The zero-order chi connectivity index (χ0) is 14.5. The van der Waals surface area contributed by atoms with Crippen LogP contribution in [0.15, 0.2) is 59.1 Å². The summed E-state index contributed by atoms with van der Waals surface area (Å²) in [7, 11) is 0. The number of hydrogen-bond acceptors (Lipinski definition) is 4. The summed E-state index contributed by atoms with van der Waals surface area (Å²) < 4.78 is 5.02. The van der Waals surface area contributed by atoms with E-state index in [1.165, 1.54) is 11.1 Å². The standard InChI is InChI=1S/C17H17N3O/c1-13-19-17(20-21-13)16-9-5-8-15(10-16)12-18-11-14-6-3-2-4-7-14/h2-10,18H,11-12H2,1H3. The van der Waals surface area contributed by atoms with Crippen molar-refractivity contribution >= 4 is 0 Å². The second-order valence-corrected chi connectivity index (χ2v) is 4.93. The van der Waals surface area contributed by atoms with Gasteiger partial charge in [-0.2, -0.15) is 4.98 Å². The summed E-state index contributed by atoms with van der Waals surface area (Å²) in [6.07, 6.45) is 0. The molecule has 4 heteroatoms. The fraction of sp³-hybridized carbons (Fsp3) is 0.176. The van der Waals surface area contributed by atoms with E-state index < -0.39 is 0 Å². The van der Waals surface area contributed by atoms with Gasteiger partial charge in [-0.1, -0.05) is 53.7 Å². The highest BCUT2D eigenvalue weighted by Crippen LogP contribution is 2.17. The van der Waals surface area contributed by atoms with Crippen LogP contribution in [0.4, 0.5) is 0 Å². The number of nitrogens with one attached hydrogen (secondary N) is 1. The Labute approximate surface area is 123 Å². The van der Waals surface area contributed by atoms with Gasteiger partial charge in [0.05, 0.1) is 0 Å². The fourth-order valence-electron chi connectivity index (χ4n) is 2.18. The molecule has 0 fully saturated rings. The molecule has 2 aromatic carbocycles. The maximum atomic E-state index is 5.02. The van der Waals surface area contributed by atoms with Gasteiger partial charge < -0.3 is 9.84 Å². The predicted molar refractivity (Wildman–Crippen MR) is 81.5 cm³/mol. The maximum absolute atomic E-state index is 5.02. The lowest BCUT2D eigenvalue weighted by Crippen LogP contribution is -2.12. The molecule has 0 bridgehead atoms. The summed E-state index contributed by atoms with van der Waals surface area (Å²) in [5, 5.41) is 7.39. The molecule has 0 aliphatic rings. The molecule has 0 saturated heterocycles. The molecular weight excluding hydrogens is 262 g/mol. The molecule has 21 heavy (non-hydrogen) atoms. The van der Waals surface area contributed by atoms with Crippen LogP contribution in [0.25, 0.3) is 11.4 Å². The predicted octanol–water partition coefficient (Wildman–Crippen LogP) is 3.33.